The normalized spacial score (nSPS) is 12.6. The Hall–Kier alpha value is -1.74. The van der Waals surface area contributed by atoms with Crippen molar-refractivity contribution in [1.82, 2.24) is 0 Å². The van der Waals surface area contributed by atoms with E-state index in [0.29, 0.717) is 5.69 Å². The number of anilines is 2. The minimum Gasteiger partial charge on any atom is -0.377 e. The quantitative estimate of drug-likeness (QED) is 0.834. The van der Waals surface area contributed by atoms with Crippen molar-refractivity contribution >= 4 is 21.4 Å². The fourth-order valence-corrected chi connectivity index (χ4v) is 3.33. The average molecular weight is 295 g/mol. The number of nitriles is 1. The topological polar surface area (TPSA) is 64.4 Å². The molecule has 0 aliphatic rings. The highest BCUT2D eigenvalue weighted by molar-refractivity contribution is 7.93. The molecule has 0 fully saturated rings. The molecular weight excluding hydrogens is 274 g/mol. The number of benzene rings is 1. The van der Waals surface area contributed by atoms with Crippen molar-refractivity contribution in [3.05, 3.63) is 23.8 Å². The molecule has 0 aliphatic heterocycles. The molecular formula is C14H21N3O2S. The Kier molecular flexibility index (Phi) is 5.01. The Balaban J connectivity index is 3.26. The van der Waals surface area contributed by atoms with Gasteiger partial charge in [0.25, 0.3) is 10.0 Å². The van der Waals surface area contributed by atoms with Crippen LogP contribution in [0.4, 0.5) is 11.4 Å². The predicted molar refractivity (Wildman–Crippen MR) is 82.5 cm³/mol. The Morgan fingerprint density at radius 1 is 1.30 bits per heavy atom. The van der Waals surface area contributed by atoms with Gasteiger partial charge in [-0.05, 0) is 31.0 Å². The summed E-state index contributed by atoms with van der Waals surface area (Å²) < 4.78 is 25.9. The zero-order valence-electron chi connectivity index (χ0n) is 12.6. The molecule has 1 aromatic rings. The fourth-order valence-electron chi connectivity index (χ4n) is 1.98. The molecule has 1 rings (SSSR count). The van der Waals surface area contributed by atoms with Crippen LogP contribution in [0.15, 0.2) is 18.2 Å². The molecule has 0 N–H and O–H groups in total. The fraction of sp³-hybridized carbons (Fsp3) is 0.500. The van der Waals surface area contributed by atoms with Gasteiger partial charge >= 0.3 is 0 Å². The van der Waals surface area contributed by atoms with Crippen LogP contribution in [0.3, 0.4) is 0 Å². The van der Waals surface area contributed by atoms with Crippen LogP contribution in [0, 0.1) is 18.3 Å². The average Bonchev–Trinajstić information content (AvgIpc) is 2.39. The van der Waals surface area contributed by atoms with E-state index in [9.17, 15) is 8.42 Å². The summed E-state index contributed by atoms with van der Waals surface area (Å²) in [7, 11) is 1.64. The molecule has 6 heteroatoms. The number of hydrogen-bond donors (Lipinski definition) is 0. The first-order valence-electron chi connectivity index (χ1n) is 6.41. The van der Waals surface area contributed by atoms with Gasteiger partial charge in [-0.1, -0.05) is 13.0 Å². The van der Waals surface area contributed by atoms with Crippen LogP contribution >= 0.6 is 0 Å². The van der Waals surface area contributed by atoms with E-state index >= 15 is 0 Å². The Morgan fingerprint density at radius 2 is 1.90 bits per heavy atom. The molecule has 110 valence electrons. The maximum atomic E-state index is 12.3. The molecule has 0 amide bonds. The largest absolute Gasteiger partial charge is 0.377 e. The highest BCUT2D eigenvalue weighted by Gasteiger charge is 2.28. The molecule has 0 saturated carbocycles. The number of sulfonamides is 1. The van der Waals surface area contributed by atoms with Crippen molar-refractivity contribution < 1.29 is 8.42 Å². The zero-order valence-corrected chi connectivity index (χ0v) is 13.4. The Bertz CT molecular complexity index is 618. The van der Waals surface area contributed by atoms with Crippen LogP contribution in [-0.2, 0) is 10.0 Å². The Morgan fingerprint density at radius 3 is 2.35 bits per heavy atom. The smallest absolute Gasteiger partial charge is 0.251 e. The summed E-state index contributed by atoms with van der Waals surface area (Å²) in [6.07, 6.45) is 0.273. The van der Waals surface area contributed by atoms with E-state index in [2.05, 4.69) is 0 Å². The lowest BCUT2D eigenvalue weighted by atomic mass is 10.1. The summed E-state index contributed by atoms with van der Waals surface area (Å²) >= 11 is 0. The molecule has 0 radical (unpaired) electrons. The molecule has 0 heterocycles. The number of hydrogen-bond acceptors (Lipinski definition) is 4. The van der Waals surface area contributed by atoms with Crippen molar-refractivity contribution in [2.24, 2.45) is 0 Å². The molecule has 1 aromatic carbocycles. The lowest BCUT2D eigenvalue weighted by Crippen LogP contribution is -2.35. The van der Waals surface area contributed by atoms with Crippen LogP contribution in [-0.4, -0.2) is 34.8 Å². The highest BCUT2D eigenvalue weighted by atomic mass is 32.2. The van der Waals surface area contributed by atoms with Gasteiger partial charge in [0.05, 0.1) is 11.8 Å². The van der Waals surface area contributed by atoms with Crippen LogP contribution < -0.4 is 9.21 Å². The van der Waals surface area contributed by atoms with Crippen molar-refractivity contribution in [1.29, 1.82) is 5.26 Å². The van der Waals surface area contributed by atoms with Crippen molar-refractivity contribution in [3.8, 4) is 6.07 Å². The van der Waals surface area contributed by atoms with Crippen molar-refractivity contribution in [2.45, 2.75) is 25.5 Å². The minimum atomic E-state index is -3.66. The molecule has 0 aliphatic carbocycles. The first kappa shape index (κ1) is 16.3. The maximum absolute atomic E-state index is 12.3. The van der Waals surface area contributed by atoms with Crippen LogP contribution in [0.1, 0.15) is 18.9 Å². The van der Waals surface area contributed by atoms with E-state index in [-0.39, 0.29) is 6.42 Å². The van der Waals surface area contributed by atoms with E-state index in [0.717, 1.165) is 11.3 Å². The summed E-state index contributed by atoms with van der Waals surface area (Å²) in [6, 6.07) is 7.30. The minimum absolute atomic E-state index is 0.273. The van der Waals surface area contributed by atoms with Gasteiger partial charge in [0, 0.05) is 26.8 Å². The van der Waals surface area contributed by atoms with Gasteiger partial charge < -0.3 is 4.90 Å². The van der Waals surface area contributed by atoms with Gasteiger partial charge in [0.1, 0.15) is 0 Å². The van der Waals surface area contributed by atoms with Gasteiger partial charge in [-0.25, -0.2) is 8.42 Å². The first-order valence-corrected chi connectivity index (χ1v) is 7.91. The van der Waals surface area contributed by atoms with E-state index < -0.39 is 15.3 Å². The molecule has 0 aromatic heterocycles. The van der Waals surface area contributed by atoms with Gasteiger partial charge in [-0.3, -0.25) is 4.31 Å². The molecule has 0 spiro atoms. The van der Waals surface area contributed by atoms with E-state index in [1.807, 2.05) is 44.1 Å². The van der Waals surface area contributed by atoms with Crippen molar-refractivity contribution in [2.75, 3.05) is 30.3 Å². The van der Waals surface area contributed by atoms with E-state index in [4.69, 9.17) is 5.26 Å². The van der Waals surface area contributed by atoms with Crippen molar-refractivity contribution in [3.63, 3.8) is 0 Å². The van der Waals surface area contributed by atoms with Crippen LogP contribution in [0.5, 0.6) is 0 Å². The maximum Gasteiger partial charge on any atom is 0.251 e. The second-order valence-electron chi connectivity index (χ2n) is 4.90. The van der Waals surface area contributed by atoms with E-state index in [1.54, 1.807) is 13.0 Å². The van der Waals surface area contributed by atoms with Gasteiger partial charge in [-0.2, -0.15) is 5.26 Å². The van der Waals surface area contributed by atoms with Crippen LogP contribution in [0.25, 0.3) is 0 Å². The standard InChI is InChI=1S/C14H21N3O2S/c1-6-13(10-15)20(18,19)17(5)12-8-7-11(2)14(9-12)16(3)4/h7-9,13H,6H2,1-5H3/t13-/m1/s1. The highest BCUT2D eigenvalue weighted by Crippen LogP contribution is 2.27. The summed E-state index contributed by atoms with van der Waals surface area (Å²) in [5.74, 6) is 0. The third-order valence-corrected chi connectivity index (χ3v) is 5.43. The monoisotopic (exact) mass is 295 g/mol. The van der Waals surface area contributed by atoms with Gasteiger partial charge in [-0.15, -0.1) is 0 Å². The van der Waals surface area contributed by atoms with E-state index in [1.165, 1.54) is 11.4 Å². The number of nitrogens with zero attached hydrogens (tertiary/aromatic N) is 3. The molecule has 5 nitrogen and oxygen atoms in total. The molecule has 0 saturated heterocycles. The summed E-state index contributed by atoms with van der Waals surface area (Å²) in [5, 5.41) is 7.96. The van der Waals surface area contributed by atoms with Crippen LogP contribution in [0.2, 0.25) is 0 Å². The van der Waals surface area contributed by atoms with Gasteiger partial charge in [0.15, 0.2) is 5.25 Å². The molecule has 1 atom stereocenters. The second kappa shape index (κ2) is 6.14. The SMILES string of the molecule is CC[C@H](C#N)S(=O)(=O)N(C)c1ccc(C)c(N(C)C)c1. The lowest BCUT2D eigenvalue weighted by Gasteiger charge is -2.24. The summed E-state index contributed by atoms with van der Waals surface area (Å²) in [6.45, 7) is 3.66. The second-order valence-corrected chi connectivity index (χ2v) is 7.05. The number of rotatable bonds is 5. The molecule has 20 heavy (non-hydrogen) atoms. The Labute approximate surface area is 121 Å². The number of aryl methyl sites for hydroxylation is 1. The van der Waals surface area contributed by atoms with Gasteiger partial charge in [0.2, 0.25) is 0 Å². The summed E-state index contributed by atoms with van der Waals surface area (Å²) in [5.41, 5.74) is 2.58. The molecule has 0 unspecified atom stereocenters. The molecule has 0 bridgehead atoms. The zero-order chi connectivity index (χ0) is 15.5. The third kappa shape index (κ3) is 3.05. The summed E-state index contributed by atoms with van der Waals surface area (Å²) in [4.78, 5) is 1.93. The lowest BCUT2D eigenvalue weighted by molar-refractivity contribution is 0.585. The first-order chi connectivity index (χ1) is 9.25. The predicted octanol–water partition coefficient (Wildman–Crippen LogP) is 2.13. The third-order valence-electron chi connectivity index (χ3n) is 3.29.